The Morgan fingerprint density at radius 1 is 0.943 bits per heavy atom. The van der Waals surface area contributed by atoms with E-state index < -0.39 is 66.8 Å². The average Bonchev–Trinajstić information content (AvgIpc) is 2.80. The van der Waals surface area contributed by atoms with E-state index in [4.69, 9.17) is 11.5 Å². The van der Waals surface area contributed by atoms with E-state index in [9.17, 15) is 39.3 Å². The number of benzene rings is 1. The number of thioether (sulfide) groups is 1. The number of phenolic OH excluding ortho intramolecular Hbond substituents is 1. The molecular formula is C21H31N5O8S. The van der Waals surface area contributed by atoms with Crippen LogP contribution in [0.15, 0.2) is 24.3 Å². The minimum absolute atomic E-state index is 0.0180. The molecule has 0 aliphatic carbocycles. The summed E-state index contributed by atoms with van der Waals surface area (Å²) in [6.45, 7) is -0.895. The summed E-state index contributed by atoms with van der Waals surface area (Å²) in [5.41, 5.74) is 11.4. The molecule has 4 amide bonds. The highest BCUT2D eigenvalue weighted by molar-refractivity contribution is 7.98. The van der Waals surface area contributed by atoms with Crippen molar-refractivity contribution < 1.29 is 39.3 Å². The fourth-order valence-electron chi connectivity index (χ4n) is 2.87. The predicted molar refractivity (Wildman–Crippen MR) is 127 cm³/mol. The third-order valence-electron chi connectivity index (χ3n) is 4.81. The highest BCUT2D eigenvalue weighted by Crippen LogP contribution is 2.11. The first-order valence-electron chi connectivity index (χ1n) is 10.5. The number of nitrogens with one attached hydrogen (secondary N) is 3. The largest absolute Gasteiger partial charge is 0.508 e. The van der Waals surface area contributed by atoms with E-state index in [2.05, 4.69) is 16.0 Å². The second-order valence-corrected chi connectivity index (χ2v) is 8.62. The molecule has 0 radical (unpaired) electrons. The Kier molecular flexibility index (Phi) is 12.6. The molecule has 0 spiro atoms. The molecule has 0 saturated carbocycles. The van der Waals surface area contributed by atoms with Gasteiger partial charge in [0.1, 0.15) is 23.9 Å². The third-order valence-corrected chi connectivity index (χ3v) is 5.46. The lowest BCUT2D eigenvalue weighted by molar-refractivity contribution is -0.142. The van der Waals surface area contributed by atoms with Gasteiger partial charge in [-0.2, -0.15) is 11.8 Å². The summed E-state index contributed by atoms with van der Waals surface area (Å²) in [5.74, 6) is -4.41. The van der Waals surface area contributed by atoms with Crippen LogP contribution in [0, 0.1) is 0 Å². The summed E-state index contributed by atoms with van der Waals surface area (Å²) in [7, 11) is 0. The van der Waals surface area contributed by atoms with Crippen molar-refractivity contribution in [1.82, 2.24) is 16.0 Å². The number of aliphatic hydroxyl groups excluding tert-OH is 1. The topological polar surface area (TPSA) is 234 Å². The minimum atomic E-state index is -1.58. The number of aliphatic carboxylic acids is 1. The van der Waals surface area contributed by atoms with Gasteiger partial charge in [0, 0.05) is 6.42 Å². The van der Waals surface area contributed by atoms with Crippen LogP contribution in [0.2, 0.25) is 0 Å². The number of amides is 4. The van der Waals surface area contributed by atoms with Gasteiger partial charge in [-0.05, 0) is 36.1 Å². The predicted octanol–water partition coefficient (Wildman–Crippen LogP) is -2.58. The summed E-state index contributed by atoms with van der Waals surface area (Å²) in [6, 6.07) is 0.261. The number of aromatic hydroxyl groups is 1. The van der Waals surface area contributed by atoms with Crippen molar-refractivity contribution in [3.8, 4) is 5.75 Å². The summed E-state index contributed by atoms with van der Waals surface area (Å²) >= 11 is 1.47. The normalized spacial score (nSPS) is 14.1. The molecule has 14 heteroatoms. The van der Waals surface area contributed by atoms with E-state index in [1.54, 1.807) is 0 Å². The van der Waals surface area contributed by atoms with Gasteiger partial charge in [0.2, 0.25) is 23.6 Å². The lowest BCUT2D eigenvalue weighted by Crippen LogP contribution is -2.58. The second kappa shape index (κ2) is 14.8. The number of primary amides is 1. The van der Waals surface area contributed by atoms with Crippen molar-refractivity contribution in [2.24, 2.45) is 11.5 Å². The Morgan fingerprint density at radius 2 is 1.49 bits per heavy atom. The van der Waals surface area contributed by atoms with E-state index in [0.29, 0.717) is 17.7 Å². The van der Waals surface area contributed by atoms with Crippen molar-refractivity contribution in [3.63, 3.8) is 0 Å². The maximum Gasteiger partial charge on any atom is 0.326 e. The molecule has 35 heavy (non-hydrogen) atoms. The van der Waals surface area contributed by atoms with Crippen LogP contribution < -0.4 is 27.4 Å². The zero-order chi connectivity index (χ0) is 26.5. The molecule has 4 unspecified atom stereocenters. The van der Waals surface area contributed by atoms with Gasteiger partial charge in [0.15, 0.2) is 0 Å². The Labute approximate surface area is 206 Å². The number of nitrogens with two attached hydrogens (primary N) is 2. The number of carboxylic acids is 1. The summed E-state index contributed by atoms with van der Waals surface area (Å²) in [4.78, 5) is 60.5. The molecular weight excluding hydrogens is 482 g/mol. The highest BCUT2D eigenvalue weighted by Gasteiger charge is 2.31. The molecule has 1 aromatic rings. The van der Waals surface area contributed by atoms with E-state index in [1.165, 1.54) is 36.0 Å². The number of carboxylic acid groups (broad SMARTS) is 1. The lowest BCUT2D eigenvalue weighted by Gasteiger charge is -2.24. The number of hydrogen-bond donors (Lipinski definition) is 8. The van der Waals surface area contributed by atoms with Crippen LogP contribution in [0.25, 0.3) is 0 Å². The van der Waals surface area contributed by atoms with Crippen molar-refractivity contribution in [2.75, 3.05) is 18.6 Å². The molecule has 0 aliphatic heterocycles. The molecule has 0 fully saturated rings. The molecule has 10 N–H and O–H groups in total. The highest BCUT2D eigenvalue weighted by atomic mass is 32.2. The number of rotatable bonds is 15. The molecule has 194 valence electrons. The number of hydrogen-bond acceptors (Lipinski definition) is 9. The van der Waals surface area contributed by atoms with Crippen LogP contribution in [-0.2, 0) is 30.4 Å². The van der Waals surface area contributed by atoms with E-state index in [-0.39, 0.29) is 12.2 Å². The van der Waals surface area contributed by atoms with Crippen molar-refractivity contribution >= 4 is 41.4 Å². The first-order chi connectivity index (χ1) is 16.5. The SMILES string of the molecule is CSCCC(N)C(=O)NC(CC(N)=O)C(=O)NC(CO)C(=O)NC(Cc1ccc(O)cc1)C(=O)O. The van der Waals surface area contributed by atoms with Crippen molar-refractivity contribution in [2.45, 2.75) is 43.4 Å². The van der Waals surface area contributed by atoms with Crippen LogP contribution >= 0.6 is 11.8 Å². The van der Waals surface area contributed by atoms with Crippen molar-refractivity contribution in [3.05, 3.63) is 29.8 Å². The number of carbonyl (C=O) groups is 5. The van der Waals surface area contributed by atoms with Crippen LogP contribution in [0.4, 0.5) is 0 Å². The van der Waals surface area contributed by atoms with E-state index >= 15 is 0 Å². The molecule has 0 bridgehead atoms. The second-order valence-electron chi connectivity index (χ2n) is 7.63. The minimum Gasteiger partial charge on any atom is -0.508 e. The molecule has 13 nitrogen and oxygen atoms in total. The molecule has 1 rings (SSSR count). The quantitative estimate of drug-likeness (QED) is 0.122. The van der Waals surface area contributed by atoms with Crippen LogP contribution in [0.1, 0.15) is 18.4 Å². The van der Waals surface area contributed by atoms with Gasteiger partial charge in [-0.3, -0.25) is 19.2 Å². The molecule has 0 saturated heterocycles. The van der Waals surface area contributed by atoms with E-state index in [1.807, 2.05) is 6.26 Å². The first kappa shape index (κ1) is 29.7. The number of carbonyl (C=O) groups excluding carboxylic acids is 4. The molecule has 4 atom stereocenters. The maximum absolute atomic E-state index is 12.7. The fourth-order valence-corrected chi connectivity index (χ4v) is 3.36. The van der Waals surface area contributed by atoms with Gasteiger partial charge in [0.25, 0.3) is 0 Å². The average molecular weight is 514 g/mol. The zero-order valence-corrected chi connectivity index (χ0v) is 19.9. The standard InChI is InChI=1S/C21H31N5O8S/c1-35-7-6-13(22)18(30)24-14(9-17(23)29)19(31)26-16(10-27)20(32)25-15(21(33)34)8-11-2-4-12(28)5-3-11/h2-5,13-16,27-28H,6-10,22H2,1H3,(H2,23,29)(H,24,30)(H,25,32)(H,26,31)(H,33,34). The Morgan fingerprint density at radius 3 is 2.00 bits per heavy atom. The Hall–Kier alpha value is -3.36. The molecule has 0 heterocycles. The first-order valence-corrected chi connectivity index (χ1v) is 11.9. The molecule has 0 aliphatic rings. The van der Waals surface area contributed by atoms with Crippen LogP contribution in [-0.4, -0.2) is 87.7 Å². The third kappa shape index (κ3) is 10.6. The van der Waals surface area contributed by atoms with Gasteiger partial charge in [-0.15, -0.1) is 0 Å². The van der Waals surface area contributed by atoms with E-state index in [0.717, 1.165) is 0 Å². The van der Waals surface area contributed by atoms with Gasteiger partial charge in [-0.25, -0.2) is 4.79 Å². The summed E-state index contributed by atoms with van der Waals surface area (Å²) in [5, 5.41) is 35.1. The van der Waals surface area contributed by atoms with Gasteiger partial charge >= 0.3 is 5.97 Å². The summed E-state index contributed by atoms with van der Waals surface area (Å²) < 4.78 is 0. The van der Waals surface area contributed by atoms with Gasteiger partial charge in [-0.1, -0.05) is 12.1 Å². The van der Waals surface area contributed by atoms with Crippen LogP contribution in [0.5, 0.6) is 5.75 Å². The smallest absolute Gasteiger partial charge is 0.326 e. The van der Waals surface area contributed by atoms with Crippen LogP contribution in [0.3, 0.4) is 0 Å². The van der Waals surface area contributed by atoms with Gasteiger partial charge < -0.3 is 42.7 Å². The molecule has 1 aromatic carbocycles. The Balaban J connectivity index is 2.86. The number of aliphatic hydroxyl groups is 1. The zero-order valence-electron chi connectivity index (χ0n) is 19.1. The lowest BCUT2D eigenvalue weighted by atomic mass is 10.1. The maximum atomic E-state index is 12.7. The molecule has 0 aromatic heterocycles. The fraction of sp³-hybridized carbons (Fsp3) is 0.476. The monoisotopic (exact) mass is 513 g/mol. The summed E-state index contributed by atoms with van der Waals surface area (Å²) in [6.07, 6.45) is 1.41. The number of phenols is 1. The Bertz CT molecular complexity index is 898. The van der Waals surface area contributed by atoms with Crippen molar-refractivity contribution in [1.29, 1.82) is 0 Å². The van der Waals surface area contributed by atoms with Gasteiger partial charge in [0.05, 0.1) is 19.1 Å².